The molecule has 10 heteroatoms. The van der Waals surface area contributed by atoms with Gasteiger partial charge in [-0.15, -0.1) is 0 Å². The lowest BCUT2D eigenvalue weighted by atomic mass is 10.2. The number of rotatable bonds is 4. The summed E-state index contributed by atoms with van der Waals surface area (Å²) in [6, 6.07) is 2.65. The van der Waals surface area contributed by atoms with Crippen LogP contribution in [-0.2, 0) is 16.1 Å². The molecule has 0 aromatic carbocycles. The Balaban J connectivity index is 2.28. The van der Waals surface area contributed by atoms with E-state index < -0.39 is 24.0 Å². The van der Waals surface area contributed by atoms with Crippen LogP contribution in [0.4, 0.5) is 6.01 Å². The molecule has 0 saturated heterocycles. The molecular weight excluding hydrogens is 306 g/mol. The van der Waals surface area contributed by atoms with Crippen LogP contribution in [0.25, 0.3) is 0 Å². The van der Waals surface area contributed by atoms with Gasteiger partial charge < -0.3 is 13.8 Å². The minimum absolute atomic E-state index is 0.0231. The quantitative estimate of drug-likeness (QED) is 0.767. The SMILES string of the molecule is COC(=O)c1cc(C#N)c(=O)n(CC(=O)Nc2nc(C)no2)c1. The van der Waals surface area contributed by atoms with Gasteiger partial charge in [-0.25, -0.2) is 4.79 Å². The van der Waals surface area contributed by atoms with E-state index in [9.17, 15) is 14.4 Å². The highest BCUT2D eigenvalue weighted by Gasteiger charge is 2.15. The largest absolute Gasteiger partial charge is 0.465 e. The van der Waals surface area contributed by atoms with Crippen molar-refractivity contribution >= 4 is 17.9 Å². The second kappa shape index (κ2) is 6.52. The number of nitriles is 1. The predicted molar refractivity (Wildman–Crippen MR) is 74.4 cm³/mol. The Morgan fingerprint density at radius 3 is 2.83 bits per heavy atom. The van der Waals surface area contributed by atoms with E-state index >= 15 is 0 Å². The zero-order valence-electron chi connectivity index (χ0n) is 12.2. The molecule has 23 heavy (non-hydrogen) atoms. The number of aryl methyl sites for hydroxylation is 1. The molecule has 1 N–H and O–H groups in total. The Labute approximate surface area is 129 Å². The van der Waals surface area contributed by atoms with E-state index in [2.05, 4.69) is 20.2 Å². The first kappa shape index (κ1) is 15.9. The van der Waals surface area contributed by atoms with Gasteiger partial charge in [-0.2, -0.15) is 10.2 Å². The first-order valence-corrected chi connectivity index (χ1v) is 6.27. The number of carbonyl (C=O) groups excluding carboxylic acids is 2. The van der Waals surface area contributed by atoms with E-state index in [0.717, 1.165) is 23.9 Å². The van der Waals surface area contributed by atoms with Crippen molar-refractivity contribution in [3.05, 3.63) is 39.6 Å². The van der Waals surface area contributed by atoms with Crippen LogP contribution in [0.5, 0.6) is 0 Å². The maximum atomic E-state index is 12.0. The predicted octanol–water partition coefficient (Wildman–Crippen LogP) is -0.163. The molecule has 0 spiro atoms. The van der Waals surface area contributed by atoms with Crippen molar-refractivity contribution in [3.8, 4) is 6.07 Å². The van der Waals surface area contributed by atoms with Crippen LogP contribution in [0.1, 0.15) is 21.7 Å². The number of aromatic nitrogens is 3. The van der Waals surface area contributed by atoms with Gasteiger partial charge in [0.1, 0.15) is 18.2 Å². The van der Waals surface area contributed by atoms with Gasteiger partial charge in [0, 0.05) is 6.20 Å². The average Bonchev–Trinajstić information content (AvgIpc) is 2.93. The van der Waals surface area contributed by atoms with Crippen LogP contribution < -0.4 is 10.9 Å². The van der Waals surface area contributed by atoms with Gasteiger partial charge in [-0.05, 0) is 13.0 Å². The number of methoxy groups -OCH3 is 1. The fourth-order valence-electron chi connectivity index (χ4n) is 1.72. The van der Waals surface area contributed by atoms with Crippen LogP contribution >= 0.6 is 0 Å². The summed E-state index contributed by atoms with van der Waals surface area (Å²) < 4.78 is 10.2. The summed E-state index contributed by atoms with van der Waals surface area (Å²) in [5.74, 6) is -1.04. The number of ether oxygens (including phenoxy) is 1. The molecule has 0 aliphatic carbocycles. The molecule has 2 aromatic rings. The van der Waals surface area contributed by atoms with Crippen LogP contribution in [0.15, 0.2) is 21.6 Å². The summed E-state index contributed by atoms with van der Waals surface area (Å²) in [7, 11) is 1.16. The van der Waals surface area contributed by atoms with Crippen molar-refractivity contribution in [1.82, 2.24) is 14.7 Å². The lowest BCUT2D eigenvalue weighted by Gasteiger charge is -2.07. The summed E-state index contributed by atoms with van der Waals surface area (Å²) in [4.78, 5) is 39.2. The van der Waals surface area contributed by atoms with E-state index in [-0.39, 0.29) is 17.1 Å². The van der Waals surface area contributed by atoms with Crippen molar-refractivity contribution in [3.63, 3.8) is 0 Å². The summed E-state index contributed by atoms with van der Waals surface area (Å²) in [6.07, 6.45) is 1.13. The fraction of sp³-hybridized carbons (Fsp3) is 0.231. The molecule has 0 fully saturated rings. The number of nitrogens with zero attached hydrogens (tertiary/aromatic N) is 4. The van der Waals surface area contributed by atoms with E-state index in [4.69, 9.17) is 9.78 Å². The van der Waals surface area contributed by atoms with Crippen molar-refractivity contribution in [2.24, 2.45) is 0 Å². The van der Waals surface area contributed by atoms with Gasteiger partial charge >= 0.3 is 12.0 Å². The smallest absolute Gasteiger partial charge is 0.339 e. The van der Waals surface area contributed by atoms with Crippen molar-refractivity contribution in [2.45, 2.75) is 13.5 Å². The molecule has 118 valence electrons. The number of pyridine rings is 1. The molecule has 0 atom stereocenters. The highest BCUT2D eigenvalue weighted by atomic mass is 16.5. The van der Waals surface area contributed by atoms with Crippen LogP contribution in [0, 0.1) is 18.3 Å². The number of amides is 1. The van der Waals surface area contributed by atoms with Crippen molar-refractivity contribution < 1.29 is 18.8 Å². The minimum atomic E-state index is -0.733. The fourth-order valence-corrected chi connectivity index (χ4v) is 1.72. The van der Waals surface area contributed by atoms with Gasteiger partial charge in [0.2, 0.25) is 5.91 Å². The lowest BCUT2D eigenvalue weighted by molar-refractivity contribution is -0.116. The molecule has 2 aromatic heterocycles. The first-order valence-electron chi connectivity index (χ1n) is 6.27. The molecule has 0 saturated carbocycles. The van der Waals surface area contributed by atoms with Gasteiger partial charge in [0.05, 0.1) is 12.7 Å². The molecule has 10 nitrogen and oxygen atoms in total. The van der Waals surface area contributed by atoms with Crippen molar-refractivity contribution in [1.29, 1.82) is 5.26 Å². The zero-order chi connectivity index (χ0) is 17.0. The monoisotopic (exact) mass is 317 g/mol. The molecule has 0 aliphatic heterocycles. The molecule has 0 bridgehead atoms. The number of carbonyl (C=O) groups is 2. The average molecular weight is 317 g/mol. The van der Waals surface area contributed by atoms with Gasteiger partial charge in [-0.3, -0.25) is 14.9 Å². The summed E-state index contributed by atoms with van der Waals surface area (Å²) in [5.41, 5.74) is -1.02. The first-order chi connectivity index (χ1) is 10.9. The number of hydrogen-bond acceptors (Lipinski definition) is 8. The Morgan fingerprint density at radius 1 is 1.52 bits per heavy atom. The van der Waals surface area contributed by atoms with Crippen LogP contribution in [0.2, 0.25) is 0 Å². The Bertz CT molecular complexity index is 860. The lowest BCUT2D eigenvalue weighted by Crippen LogP contribution is -2.30. The van der Waals surface area contributed by atoms with Crippen LogP contribution in [-0.4, -0.2) is 33.7 Å². The topological polar surface area (TPSA) is 140 Å². The molecule has 0 radical (unpaired) electrons. The normalized spacial score (nSPS) is 9.96. The van der Waals surface area contributed by atoms with E-state index in [1.165, 1.54) is 0 Å². The third kappa shape index (κ3) is 3.59. The molecule has 2 rings (SSSR count). The highest BCUT2D eigenvalue weighted by Crippen LogP contribution is 2.04. The molecule has 2 heterocycles. The van der Waals surface area contributed by atoms with E-state index in [0.29, 0.717) is 5.82 Å². The minimum Gasteiger partial charge on any atom is -0.465 e. The number of anilines is 1. The summed E-state index contributed by atoms with van der Waals surface area (Å²) >= 11 is 0. The molecule has 0 unspecified atom stereocenters. The Kier molecular flexibility index (Phi) is 4.51. The van der Waals surface area contributed by atoms with E-state index in [1.54, 1.807) is 13.0 Å². The summed E-state index contributed by atoms with van der Waals surface area (Å²) in [5, 5.41) is 14.7. The molecule has 1 amide bonds. The van der Waals surface area contributed by atoms with Gasteiger partial charge in [0.25, 0.3) is 5.56 Å². The zero-order valence-corrected chi connectivity index (χ0v) is 12.2. The number of nitrogens with one attached hydrogen (secondary N) is 1. The second-order valence-electron chi connectivity index (χ2n) is 4.37. The third-order valence-electron chi connectivity index (χ3n) is 2.72. The molecular formula is C13H11N5O5. The highest BCUT2D eigenvalue weighted by molar-refractivity contribution is 5.90. The third-order valence-corrected chi connectivity index (χ3v) is 2.72. The maximum Gasteiger partial charge on any atom is 0.339 e. The summed E-state index contributed by atoms with van der Waals surface area (Å²) in [6.45, 7) is 1.13. The second-order valence-corrected chi connectivity index (χ2v) is 4.37. The maximum absolute atomic E-state index is 12.0. The standard InChI is InChI=1S/C13H11N5O5/c1-7-15-13(23-17-7)16-10(19)6-18-5-9(12(21)22-2)3-8(4-14)11(18)20/h3,5H,6H2,1-2H3,(H,15,16,17,19). The van der Waals surface area contributed by atoms with Gasteiger partial charge in [0.15, 0.2) is 5.82 Å². The number of hydrogen-bond donors (Lipinski definition) is 1. The van der Waals surface area contributed by atoms with Gasteiger partial charge in [-0.1, -0.05) is 5.16 Å². The number of esters is 1. The van der Waals surface area contributed by atoms with Crippen LogP contribution in [0.3, 0.4) is 0 Å². The van der Waals surface area contributed by atoms with E-state index in [1.807, 2.05) is 0 Å². The Morgan fingerprint density at radius 2 is 2.26 bits per heavy atom. The Hall–Kier alpha value is -3.48. The molecule has 0 aliphatic rings. The van der Waals surface area contributed by atoms with Crippen molar-refractivity contribution in [2.75, 3.05) is 12.4 Å².